The van der Waals surface area contributed by atoms with E-state index in [2.05, 4.69) is 25.0 Å². The number of amides is 2. The zero-order valence-electron chi connectivity index (χ0n) is 14.6. The molecule has 140 valence electrons. The third-order valence-electron chi connectivity index (χ3n) is 3.80. The maximum atomic E-state index is 12.9. The van der Waals surface area contributed by atoms with Crippen LogP contribution >= 0.6 is 11.8 Å². The summed E-state index contributed by atoms with van der Waals surface area (Å²) in [7, 11) is 2.77. The van der Waals surface area contributed by atoms with E-state index in [0.29, 0.717) is 10.9 Å². The van der Waals surface area contributed by atoms with Crippen LogP contribution in [0.25, 0.3) is 0 Å². The van der Waals surface area contributed by atoms with E-state index in [1.165, 1.54) is 25.4 Å². The Morgan fingerprint density at radius 2 is 2.11 bits per heavy atom. The molecule has 9 nitrogen and oxygen atoms in total. The number of nitrogens with one attached hydrogen (secondary N) is 2. The van der Waals surface area contributed by atoms with Crippen LogP contribution in [0.15, 0.2) is 41.7 Å². The highest BCUT2D eigenvalue weighted by Crippen LogP contribution is 2.35. The second kappa shape index (κ2) is 8.04. The number of hydrogen-bond acceptors (Lipinski definition) is 7. The van der Waals surface area contributed by atoms with E-state index in [9.17, 15) is 14.4 Å². The van der Waals surface area contributed by atoms with Crippen LogP contribution in [0, 0.1) is 0 Å². The molecule has 0 radical (unpaired) electrons. The predicted octanol–water partition coefficient (Wildman–Crippen LogP) is 1.47. The highest BCUT2D eigenvalue weighted by Gasteiger charge is 2.40. The number of benzene rings is 1. The Bertz CT molecular complexity index is 896. The van der Waals surface area contributed by atoms with Crippen molar-refractivity contribution >= 4 is 46.2 Å². The van der Waals surface area contributed by atoms with Gasteiger partial charge in [-0.2, -0.15) is 0 Å². The lowest BCUT2D eigenvalue weighted by molar-refractivity contribution is -0.141. The van der Waals surface area contributed by atoms with Gasteiger partial charge < -0.3 is 15.0 Å². The maximum Gasteiger partial charge on any atom is 0.307 e. The Morgan fingerprint density at radius 1 is 1.37 bits per heavy atom. The molecule has 10 heteroatoms. The molecule has 2 heterocycles. The third kappa shape index (κ3) is 3.85. The zero-order chi connectivity index (χ0) is 19.4. The number of hydrogen-bond donors (Lipinski definition) is 2. The number of aliphatic imine (C=N–C) groups is 1. The number of carbonyl (C=O) groups is 3. The lowest BCUT2D eigenvalue weighted by Gasteiger charge is -2.16. The van der Waals surface area contributed by atoms with E-state index in [0.717, 1.165) is 11.8 Å². The van der Waals surface area contributed by atoms with Crippen molar-refractivity contribution in [3.05, 3.63) is 42.4 Å². The fourth-order valence-corrected chi connectivity index (χ4v) is 3.60. The fraction of sp³-hybridized carbons (Fsp3) is 0.235. The SMILES string of the molecule is CNC(=O)c1[nH]cnc1N=C1S[C@H](CC(=O)OC)C(=O)N1c1ccccc1. The molecule has 0 unspecified atom stereocenters. The number of rotatable bonds is 5. The first-order valence-corrected chi connectivity index (χ1v) is 8.89. The molecule has 2 amide bonds. The summed E-state index contributed by atoms with van der Waals surface area (Å²) in [6.45, 7) is 0. The van der Waals surface area contributed by atoms with E-state index >= 15 is 0 Å². The van der Waals surface area contributed by atoms with Gasteiger partial charge in [0.1, 0.15) is 5.25 Å². The molecular weight excluding hydrogens is 370 g/mol. The molecule has 0 aliphatic carbocycles. The Hall–Kier alpha value is -3.14. The lowest BCUT2D eigenvalue weighted by Crippen LogP contribution is -2.32. The minimum Gasteiger partial charge on any atom is -0.469 e. The molecule has 1 fully saturated rings. The molecule has 1 aliphatic heterocycles. The largest absolute Gasteiger partial charge is 0.469 e. The topological polar surface area (TPSA) is 117 Å². The molecule has 2 N–H and O–H groups in total. The number of esters is 1. The van der Waals surface area contributed by atoms with Crippen LogP contribution in [0.2, 0.25) is 0 Å². The minimum absolute atomic E-state index is 0.0782. The number of methoxy groups -OCH3 is 1. The number of nitrogens with zero attached hydrogens (tertiary/aromatic N) is 3. The number of H-pyrrole nitrogens is 1. The first-order valence-electron chi connectivity index (χ1n) is 8.01. The van der Waals surface area contributed by atoms with E-state index in [-0.39, 0.29) is 29.7 Å². The van der Waals surface area contributed by atoms with E-state index in [1.54, 1.807) is 24.3 Å². The molecule has 1 aromatic heterocycles. The van der Waals surface area contributed by atoms with Gasteiger partial charge in [-0.05, 0) is 12.1 Å². The highest BCUT2D eigenvalue weighted by molar-refractivity contribution is 8.16. The van der Waals surface area contributed by atoms with Gasteiger partial charge in [-0.3, -0.25) is 19.3 Å². The van der Waals surface area contributed by atoms with Gasteiger partial charge >= 0.3 is 5.97 Å². The van der Waals surface area contributed by atoms with E-state index < -0.39 is 11.2 Å². The average molecular weight is 387 g/mol. The van der Waals surface area contributed by atoms with Crippen molar-refractivity contribution in [2.45, 2.75) is 11.7 Å². The van der Waals surface area contributed by atoms with Crippen molar-refractivity contribution in [1.82, 2.24) is 15.3 Å². The molecule has 1 atom stereocenters. The summed E-state index contributed by atoms with van der Waals surface area (Å²) in [5.41, 5.74) is 0.792. The number of carbonyl (C=O) groups excluding carboxylic acids is 3. The van der Waals surface area contributed by atoms with Crippen LogP contribution in [0.3, 0.4) is 0 Å². The van der Waals surface area contributed by atoms with Crippen LogP contribution in [0.4, 0.5) is 11.5 Å². The van der Waals surface area contributed by atoms with Crippen molar-refractivity contribution in [2.75, 3.05) is 19.1 Å². The molecule has 1 saturated heterocycles. The lowest BCUT2D eigenvalue weighted by atomic mass is 10.2. The van der Waals surface area contributed by atoms with Crippen LogP contribution in [0.5, 0.6) is 0 Å². The van der Waals surface area contributed by atoms with Crippen molar-refractivity contribution in [3.63, 3.8) is 0 Å². The van der Waals surface area contributed by atoms with Crippen LogP contribution in [-0.2, 0) is 14.3 Å². The molecule has 0 saturated carbocycles. The van der Waals surface area contributed by atoms with Gasteiger partial charge in [-0.1, -0.05) is 30.0 Å². The minimum atomic E-state index is -0.668. The molecule has 0 bridgehead atoms. The number of aromatic amines is 1. The number of ether oxygens (including phenoxy) is 1. The molecule has 1 aliphatic rings. The van der Waals surface area contributed by atoms with Crippen molar-refractivity contribution < 1.29 is 19.1 Å². The van der Waals surface area contributed by atoms with Crippen LogP contribution in [0.1, 0.15) is 16.9 Å². The van der Waals surface area contributed by atoms with Gasteiger partial charge in [-0.25, -0.2) is 9.98 Å². The number of para-hydroxylation sites is 1. The monoisotopic (exact) mass is 387 g/mol. The fourth-order valence-electron chi connectivity index (χ4n) is 2.48. The van der Waals surface area contributed by atoms with Crippen molar-refractivity contribution in [3.8, 4) is 0 Å². The average Bonchev–Trinajstić information content (AvgIpc) is 3.26. The summed E-state index contributed by atoms with van der Waals surface area (Å²) >= 11 is 1.13. The maximum absolute atomic E-state index is 12.9. The van der Waals surface area contributed by atoms with E-state index in [4.69, 9.17) is 0 Å². The second-order valence-corrected chi connectivity index (χ2v) is 6.64. The third-order valence-corrected chi connectivity index (χ3v) is 4.94. The number of aromatic nitrogens is 2. The molecular formula is C17H17N5O4S. The van der Waals surface area contributed by atoms with Crippen molar-refractivity contribution in [2.24, 2.45) is 4.99 Å². The first-order chi connectivity index (χ1) is 13.0. The predicted molar refractivity (Wildman–Crippen MR) is 101 cm³/mol. The smallest absolute Gasteiger partial charge is 0.307 e. The Morgan fingerprint density at radius 3 is 2.78 bits per heavy atom. The number of anilines is 1. The number of amidine groups is 1. The van der Waals surface area contributed by atoms with Crippen LogP contribution in [-0.4, -0.2) is 52.3 Å². The zero-order valence-corrected chi connectivity index (χ0v) is 15.4. The van der Waals surface area contributed by atoms with E-state index in [1.807, 2.05) is 6.07 Å². The molecule has 3 rings (SSSR count). The molecule has 27 heavy (non-hydrogen) atoms. The number of thioether (sulfide) groups is 1. The molecule has 0 spiro atoms. The van der Waals surface area contributed by atoms with Gasteiger partial charge in [-0.15, -0.1) is 0 Å². The first kappa shape index (κ1) is 18.6. The molecule has 2 aromatic rings. The quantitative estimate of drug-likeness (QED) is 0.751. The Labute approximate surface area is 159 Å². The summed E-state index contributed by atoms with van der Waals surface area (Å²) in [6, 6.07) is 8.95. The summed E-state index contributed by atoms with van der Waals surface area (Å²) < 4.78 is 4.67. The van der Waals surface area contributed by atoms with Gasteiger partial charge in [0.05, 0.1) is 25.5 Å². The summed E-state index contributed by atoms with van der Waals surface area (Å²) in [5.74, 6) is -0.990. The van der Waals surface area contributed by atoms with Gasteiger partial charge in [0.15, 0.2) is 16.7 Å². The Balaban J connectivity index is 2.00. The second-order valence-electron chi connectivity index (χ2n) is 5.47. The number of imidazole rings is 1. The van der Waals surface area contributed by atoms with Crippen molar-refractivity contribution in [1.29, 1.82) is 0 Å². The molecule has 1 aromatic carbocycles. The standard InChI is InChI=1S/C17H17N5O4S/c1-18-15(24)13-14(20-9-19-13)21-17-22(10-6-4-3-5-7-10)16(25)11(27-17)8-12(23)26-2/h3-7,9,11H,8H2,1-2H3,(H,18,24)(H,19,20)/t11-/m1/s1. The summed E-state index contributed by atoms with van der Waals surface area (Å²) in [4.78, 5) is 49.1. The summed E-state index contributed by atoms with van der Waals surface area (Å²) in [5, 5.41) is 2.16. The van der Waals surface area contributed by atoms with Gasteiger partial charge in [0.2, 0.25) is 5.91 Å². The summed E-state index contributed by atoms with van der Waals surface area (Å²) in [6.07, 6.45) is 1.27. The highest BCUT2D eigenvalue weighted by atomic mass is 32.2. The van der Waals surface area contributed by atoms with Gasteiger partial charge in [0, 0.05) is 7.05 Å². The Kier molecular flexibility index (Phi) is 5.55. The van der Waals surface area contributed by atoms with Crippen LogP contribution < -0.4 is 10.2 Å². The van der Waals surface area contributed by atoms with Gasteiger partial charge in [0.25, 0.3) is 5.91 Å². The normalized spacial score (nSPS) is 18.0.